The predicted molar refractivity (Wildman–Crippen MR) is 70.8 cm³/mol. The van der Waals surface area contributed by atoms with Crippen molar-refractivity contribution in [2.45, 2.75) is 44.0 Å². The predicted octanol–water partition coefficient (Wildman–Crippen LogP) is 1.80. The van der Waals surface area contributed by atoms with Crippen molar-refractivity contribution in [2.24, 2.45) is 17.8 Å². The molecular weight excluding hydrogens is 256 g/mol. The summed E-state index contributed by atoms with van der Waals surface area (Å²) in [6, 6.07) is 0. The van der Waals surface area contributed by atoms with Gasteiger partial charge in [-0.15, -0.1) is 0 Å². The van der Waals surface area contributed by atoms with Gasteiger partial charge in [-0.1, -0.05) is 25.2 Å². The van der Waals surface area contributed by atoms with E-state index in [0.717, 1.165) is 18.4 Å². The van der Waals surface area contributed by atoms with Crippen molar-refractivity contribution in [3.63, 3.8) is 0 Å². The Hall–Kier alpha value is -1.42. The molecule has 106 valence electrons. The Bertz CT molecular complexity index is 549. The quantitative estimate of drug-likeness (QED) is 0.341. The summed E-state index contributed by atoms with van der Waals surface area (Å²) in [5.41, 5.74) is 0.791. The van der Waals surface area contributed by atoms with Crippen molar-refractivity contribution in [1.82, 2.24) is 0 Å². The fourth-order valence-electron chi connectivity index (χ4n) is 4.77. The van der Waals surface area contributed by atoms with Gasteiger partial charge in [0.05, 0.1) is 6.10 Å². The van der Waals surface area contributed by atoms with Crippen molar-refractivity contribution in [1.29, 1.82) is 0 Å². The Morgan fingerprint density at radius 1 is 1.60 bits per heavy atom. The number of ketones is 1. The Labute approximate surface area is 117 Å². The Balaban J connectivity index is 1.69. The fourth-order valence-corrected chi connectivity index (χ4v) is 4.77. The van der Waals surface area contributed by atoms with Gasteiger partial charge < -0.3 is 9.47 Å². The third kappa shape index (κ3) is 1.26. The summed E-state index contributed by atoms with van der Waals surface area (Å²) in [6.07, 6.45) is 5.43. The van der Waals surface area contributed by atoms with E-state index >= 15 is 0 Å². The maximum absolute atomic E-state index is 12.3. The molecule has 4 rings (SSSR count). The maximum atomic E-state index is 12.3. The molecule has 6 unspecified atom stereocenters. The number of carbonyl (C=O) groups excluding carboxylic acids is 2. The van der Waals surface area contributed by atoms with Crippen LogP contribution in [0.4, 0.5) is 0 Å². The van der Waals surface area contributed by atoms with Crippen LogP contribution in [0.3, 0.4) is 0 Å². The van der Waals surface area contributed by atoms with Crippen LogP contribution in [0.1, 0.15) is 26.2 Å². The molecule has 0 N–H and O–H groups in total. The van der Waals surface area contributed by atoms with Gasteiger partial charge in [0.2, 0.25) is 0 Å². The number of hydrogen-bond acceptors (Lipinski definition) is 4. The molecule has 3 saturated carbocycles. The van der Waals surface area contributed by atoms with E-state index in [1.165, 1.54) is 6.08 Å². The molecule has 1 spiro atoms. The fraction of sp³-hybridized carbons (Fsp3) is 0.625. The normalized spacial score (nSPS) is 49.1. The van der Waals surface area contributed by atoms with Crippen LogP contribution in [0.5, 0.6) is 0 Å². The van der Waals surface area contributed by atoms with Crippen LogP contribution in [0.2, 0.25) is 0 Å². The summed E-state index contributed by atoms with van der Waals surface area (Å²) in [4.78, 5) is 23.8. The third-order valence-corrected chi connectivity index (χ3v) is 5.47. The minimum Gasteiger partial charge on any atom is -0.455 e. The van der Waals surface area contributed by atoms with Gasteiger partial charge in [0.25, 0.3) is 0 Å². The lowest BCUT2D eigenvalue weighted by atomic mass is 9.53. The zero-order valence-electron chi connectivity index (χ0n) is 11.5. The molecule has 4 aliphatic rings. The molecule has 0 bridgehead atoms. The van der Waals surface area contributed by atoms with Gasteiger partial charge in [-0.25, -0.2) is 4.79 Å². The summed E-state index contributed by atoms with van der Waals surface area (Å²) >= 11 is 0. The molecular formula is C16H18O4. The van der Waals surface area contributed by atoms with Crippen LogP contribution >= 0.6 is 0 Å². The molecule has 0 radical (unpaired) electrons. The van der Waals surface area contributed by atoms with E-state index in [9.17, 15) is 9.59 Å². The highest BCUT2D eigenvalue weighted by Gasteiger charge is 2.85. The number of Topliss-reactive ketones (excluding diaryl/α,β-unsaturated/α-hetero) is 1. The second-order valence-electron chi connectivity index (χ2n) is 6.25. The van der Waals surface area contributed by atoms with Crippen LogP contribution in [0, 0.1) is 17.8 Å². The first kappa shape index (κ1) is 12.3. The molecule has 1 aliphatic heterocycles. The van der Waals surface area contributed by atoms with E-state index in [0.29, 0.717) is 12.2 Å². The van der Waals surface area contributed by atoms with E-state index in [4.69, 9.17) is 9.47 Å². The monoisotopic (exact) mass is 274 g/mol. The van der Waals surface area contributed by atoms with Gasteiger partial charge in [0.15, 0.2) is 0 Å². The first-order valence-electron chi connectivity index (χ1n) is 7.36. The lowest BCUT2D eigenvalue weighted by molar-refractivity contribution is -0.181. The Kier molecular flexibility index (Phi) is 2.35. The average Bonchev–Trinajstić information content (AvgIpc) is 3.09. The highest BCUT2D eigenvalue weighted by molar-refractivity contribution is 5.88. The van der Waals surface area contributed by atoms with Gasteiger partial charge in [-0.2, -0.15) is 0 Å². The smallest absolute Gasteiger partial charge is 0.330 e. The van der Waals surface area contributed by atoms with Crippen molar-refractivity contribution in [3.05, 3.63) is 24.3 Å². The molecule has 4 fully saturated rings. The van der Waals surface area contributed by atoms with Crippen molar-refractivity contribution in [3.8, 4) is 0 Å². The standard InChI is InChI=1S/C16H18O4/c1-3-5-8-6-10(17)9-7-11-16(20-11)14(9)13(8)15(16)19-12(18)4-2/h4-5,9,11,13-15H,2-3,6-7H2,1H3/b8-5-. The molecule has 20 heavy (non-hydrogen) atoms. The van der Waals surface area contributed by atoms with E-state index in [1.54, 1.807) is 0 Å². The maximum Gasteiger partial charge on any atom is 0.330 e. The number of esters is 1. The molecule has 0 aromatic heterocycles. The average molecular weight is 274 g/mol. The summed E-state index contributed by atoms with van der Waals surface area (Å²) < 4.78 is 11.4. The van der Waals surface area contributed by atoms with Gasteiger partial charge in [0.1, 0.15) is 17.5 Å². The third-order valence-electron chi connectivity index (χ3n) is 5.47. The van der Waals surface area contributed by atoms with E-state index in [2.05, 4.69) is 19.6 Å². The van der Waals surface area contributed by atoms with Crippen molar-refractivity contribution >= 4 is 11.8 Å². The van der Waals surface area contributed by atoms with E-state index < -0.39 is 5.97 Å². The van der Waals surface area contributed by atoms with Gasteiger partial charge >= 0.3 is 5.97 Å². The molecule has 0 aromatic carbocycles. The van der Waals surface area contributed by atoms with Crippen LogP contribution in [0.25, 0.3) is 0 Å². The SMILES string of the molecule is C=CC(=O)OC1C2/C(=C\CC)CC(=O)C3CC4OC41C32. The minimum atomic E-state index is -0.395. The van der Waals surface area contributed by atoms with Gasteiger partial charge in [0, 0.05) is 30.3 Å². The highest BCUT2D eigenvalue weighted by Crippen LogP contribution is 2.73. The largest absolute Gasteiger partial charge is 0.455 e. The number of hydrogen-bond donors (Lipinski definition) is 0. The summed E-state index contributed by atoms with van der Waals surface area (Å²) in [7, 11) is 0. The molecule has 3 aliphatic carbocycles. The molecule has 1 saturated heterocycles. The van der Waals surface area contributed by atoms with E-state index in [1.807, 2.05) is 0 Å². The number of carbonyl (C=O) groups is 2. The zero-order valence-corrected chi connectivity index (χ0v) is 11.5. The first-order valence-corrected chi connectivity index (χ1v) is 7.36. The first-order chi connectivity index (χ1) is 9.63. The van der Waals surface area contributed by atoms with Crippen LogP contribution in [-0.2, 0) is 19.1 Å². The summed E-state index contributed by atoms with van der Waals surface area (Å²) in [6.45, 7) is 5.52. The molecule has 6 atom stereocenters. The number of epoxide rings is 1. The van der Waals surface area contributed by atoms with Crippen molar-refractivity contribution in [2.75, 3.05) is 0 Å². The van der Waals surface area contributed by atoms with Crippen molar-refractivity contribution < 1.29 is 19.1 Å². The lowest BCUT2D eigenvalue weighted by Crippen LogP contribution is -2.64. The summed E-state index contributed by atoms with van der Waals surface area (Å²) in [5.74, 6) is 0.470. The zero-order chi connectivity index (χ0) is 14.1. The van der Waals surface area contributed by atoms with Crippen LogP contribution in [-0.4, -0.2) is 29.6 Å². The molecule has 4 nitrogen and oxygen atoms in total. The number of ether oxygens (including phenoxy) is 2. The molecule has 0 amide bonds. The van der Waals surface area contributed by atoms with Gasteiger partial charge in [-0.3, -0.25) is 4.79 Å². The highest BCUT2D eigenvalue weighted by atomic mass is 16.7. The second kappa shape index (κ2) is 3.82. The molecule has 0 aromatic rings. The number of rotatable bonds is 3. The topological polar surface area (TPSA) is 55.9 Å². The number of allylic oxidation sites excluding steroid dienone is 1. The van der Waals surface area contributed by atoms with Crippen LogP contribution in [0.15, 0.2) is 24.3 Å². The van der Waals surface area contributed by atoms with Crippen LogP contribution < -0.4 is 0 Å². The minimum absolute atomic E-state index is 0.112. The lowest BCUT2D eigenvalue weighted by Gasteiger charge is -2.53. The second-order valence-corrected chi connectivity index (χ2v) is 6.25. The molecule has 1 heterocycles. The summed E-state index contributed by atoms with van der Waals surface area (Å²) in [5, 5.41) is 0. The Morgan fingerprint density at radius 3 is 3.10 bits per heavy atom. The van der Waals surface area contributed by atoms with Gasteiger partial charge in [-0.05, 0) is 12.8 Å². The van der Waals surface area contributed by atoms with E-state index in [-0.39, 0.29) is 35.6 Å². The Morgan fingerprint density at radius 2 is 2.40 bits per heavy atom. The molecule has 4 heteroatoms.